The van der Waals surface area contributed by atoms with Crippen LogP contribution in [-0.4, -0.2) is 19.7 Å². The van der Waals surface area contributed by atoms with Crippen LogP contribution in [0.1, 0.15) is 0 Å². The highest BCUT2D eigenvalue weighted by atomic mass is 127. The maximum absolute atomic E-state index is 12.3. The predicted octanol–water partition coefficient (Wildman–Crippen LogP) is 2.23. The molecule has 6 heteroatoms. The summed E-state index contributed by atoms with van der Waals surface area (Å²) in [6, 6.07) is 7.35. The Morgan fingerprint density at radius 1 is 1.21 bits per heavy atom. The Kier molecular flexibility index (Phi) is 3.16. The minimum atomic E-state index is -0.137. The van der Waals surface area contributed by atoms with Crippen LogP contribution in [0.15, 0.2) is 53.8 Å². The zero-order valence-corrected chi connectivity index (χ0v) is 11.9. The summed E-state index contributed by atoms with van der Waals surface area (Å²) in [5.74, 6) is 0.570. The van der Waals surface area contributed by atoms with E-state index in [0.717, 1.165) is 9.13 Å². The SMILES string of the molecule is O=c1c(-c2cccnc2)c[nH]n1-c1ccc(I)cn1. The Labute approximate surface area is 122 Å². The fourth-order valence-corrected chi connectivity index (χ4v) is 2.09. The summed E-state index contributed by atoms with van der Waals surface area (Å²) in [5, 5.41) is 2.92. The topological polar surface area (TPSA) is 63.6 Å². The quantitative estimate of drug-likeness (QED) is 0.710. The van der Waals surface area contributed by atoms with E-state index in [1.165, 1.54) is 4.68 Å². The number of H-pyrrole nitrogens is 1. The van der Waals surface area contributed by atoms with Gasteiger partial charge in [-0.1, -0.05) is 6.07 Å². The van der Waals surface area contributed by atoms with Gasteiger partial charge in [0.15, 0.2) is 5.82 Å². The van der Waals surface area contributed by atoms with Crippen LogP contribution < -0.4 is 5.56 Å². The molecule has 0 spiro atoms. The van der Waals surface area contributed by atoms with Crippen molar-refractivity contribution in [1.82, 2.24) is 19.7 Å². The molecule has 3 heterocycles. The first-order chi connectivity index (χ1) is 9.25. The first kappa shape index (κ1) is 12.1. The van der Waals surface area contributed by atoms with Crippen LogP contribution in [0.5, 0.6) is 0 Å². The monoisotopic (exact) mass is 364 g/mol. The standard InChI is InChI=1S/C13H9IN4O/c14-10-3-4-12(16-7-10)18-13(19)11(8-17-18)9-2-1-5-15-6-9/h1-8,17H. The number of pyridine rings is 2. The summed E-state index contributed by atoms with van der Waals surface area (Å²) >= 11 is 2.17. The maximum atomic E-state index is 12.3. The zero-order chi connectivity index (χ0) is 13.2. The molecule has 0 aliphatic heterocycles. The first-order valence-electron chi connectivity index (χ1n) is 5.58. The van der Waals surface area contributed by atoms with Gasteiger partial charge in [-0.3, -0.25) is 14.9 Å². The van der Waals surface area contributed by atoms with Crippen molar-refractivity contribution in [3.8, 4) is 16.9 Å². The lowest BCUT2D eigenvalue weighted by molar-refractivity contribution is 0.818. The molecule has 5 nitrogen and oxygen atoms in total. The van der Waals surface area contributed by atoms with Crippen molar-refractivity contribution >= 4 is 22.6 Å². The molecule has 0 aliphatic carbocycles. The molecule has 19 heavy (non-hydrogen) atoms. The highest BCUT2D eigenvalue weighted by Crippen LogP contribution is 2.13. The molecular weight excluding hydrogens is 355 g/mol. The summed E-state index contributed by atoms with van der Waals surface area (Å²) < 4.78 is 2.44. The number of nitrogens with one attached hydrogen (secondary N) is 1. The fraction of sp³-hybridized carbons (Fsp3) is 0. The van der Waals surface area contributed by atoms with E-state index in [2.05, 4.69) is 37.7 Å². The molecular formula is C13H9IN4O. The number of hydrogen-bond acceptors (Lipinski definition) is 3. The molecule has 0 aliphatic rings. The number of hydrogen-bond donors (Lipinski definition) is 1. The van der Waals surface area contributed by atoms with Crippen LogP contribution >= 0.6 is 22.6 Å². The van der Waals surface area contributed by atoms with Gasteiger partial charge >= 0.3 is 0 Å². The fourth-order valence-electron chi connectivity index (χ4n) is 1.77. The summed E-state index contributed by atoms with van der Waals surface area (Å²) in [4.78, 5) is 20.6. The third kappa shape index (κ3) is 2.30. The average Bonchev–Trinajstić information content (AvgIpc) is 2.83. The first-order valence-corrected chi connectivity index (χ1v) is 6.66. The van der Waals surface area contributed by atoms with Gasteiger partial charge < -0.3 is 0 Å². The van der Waals surface area contributed by atoms with Gasteiger partial charge in [0.2, 0.25) is 0 Å². The van der Waals surface area contributed by atoms with E-state index in [0.29, 0.717) is 11.4 Å². The zero-order valence-electron chi connectivity index (χ0n) is 9.75. The van der Waals surface area contributed by atoms with Crippen LogP contribution in [-0.2, 0) is 0 Å². The van der Waals surface area contributed by atoms with Crippen LogP contribution in [0.4, 0.5) is 0 Å². The third-order valence-electron chi connectivity index (χ3n) is 2.68. The summed E-state index contributed by atoms with van der Waals surface area (Å²) in [6.07, 6.45) is 6.72. The number of halogens is 1. The second kappa shape index (κ2) is 4.96. The minimum absolute atomic E-state index is 0.137. The molecule has 3 rings (SSSR count). The smallest absolute Gasteiger partial charge is 0.280 e. The van der Waals surface area contributed by atoms with E-state index < -0.39 is 0 Å². The van der Waals surface area contributed by atoms with Gasteiger partial charge in [-0.15, -0.1) is 0 Å². The Bertz CT molecular complexity index is 746. The summed E-state index contributed by atoms with van der Waals surface area (Å²) in [7, 11) is 0. The molecule has 1 N–H and O–H groups in total. The highest BCUT2D eigenvalue weighted by Gasteiger charge is 2.10. The number of nitrogens with zero attached hydrogens (tertiary/aromatic N) is 3. The van der Waals surface area contributed by atoms with Gasteiger partial charge in [0.25, 0.3) is 5.56 Å². The van der Waals surface area contributed by atoms with E-state index in [1.54, 1.807) is 36.9 Å². The molecule has 0 unspecified atom stereocenters. The van der Waals surface area contributed by atoms with Crippen molar-refractivity contribution in [3.05, 3.63) is 63.0 Å². The molecule has 3 aromatic heterocycles. The maximum Gasteiger partial charge on any atom is 0.280 e. The van der Waals surface area contributed by atoms with Crippen molar-refractivity contribution in [2.75, 3.05) is 0 Å². The second-order valence-corrected chi connectivity index (χ2v) is 5.15. The molecule has 0 bridgehead atoms. The summed E-state index contributed by atoms with van der Waals surface area (Å²) in [5.41, 5.74) is 1.23. The Morgan fingerprint density at radius 3 is 2.79 bits per heavy atom. The van der Waals surface area contributed by atoms with Gasteiger partial charge in [-0.05, 0) is 40.8 Å². The van der Waals surface area contributed by atoms with E-state index in [1.807, 2.05) is 12.1 Å². The van der Waals surface area contributed by atoms with Crippen LogP contribution in [0.25, 0.3) is 16.9 Å². The summed E-state index contributed by atoms with van der Waals surface area (Å²) in [6.45, 7) is 0. The molecule has 0 atom stereocenters. The van der Waals surface area contributed by atoms with Crippen molar-refractivity contribution < 1.29 is 0 Å². The van der Waals surface area contributed by atoms with Crippen molar-refractivity contribution in [3.63, 3.8) is 0 Å². The largest absolute Gasteiger partial charge is 0.296 e. The molecule has 0 radical (unpaired) electrons. The van der Waals surface area contributed by atoms with Crippen molar-refractivity contribution in [2.24, 2.45) is 0 Å². The average molecular weight is 364 g/mol. The van der Waals surface area contributed by atoms with Crippen molar-refractivity contribution in [1.29, 1.82) is 0 Å². The molecule has 0 saturated carbocycles. The number of rotatable bonds is 2. The van der Waals surface area contributed by atoms with Gasteiger partial charge in [-0.2, -0.15) is 0 Å². The van der Waals surface area contributed by atoms with Gasteiger partial charge in [0, 0.05) is 33.9 Å². The second-order valence-electron chi connectivity index (χ2n) is 3.90. The molecule has 0 amide bonds. The van der Waals surface area contributed by atoms with Crippen LogP contribution in [0, 0.1) is 3.57 Å². The lowest BCUT2D eigenvalue weighted by atomic mass is 10.2. The third-order valence-corrected chi connectivity index (χ3v) is 3.32. The molecule has 0 saturated heterocycles. The Morgan fingerprint density at radius 2 is 2.11 bits per heavy atom. The van der Waals surface area contributed by atoms with E-state index in [-0.39, 0.29) is 5.56 Å². The van der Waals surface area contributed by atoms with E-state index in [4.69, 9.17) is 0 Å². The minimum Gasteiger partial charge on any atom is -0.296 e. The Balaban J connectivity index is 2.09. The number of aromatic amines is 1. The van der Waals surface area contributed by atoms with E-state index in [9.17, 15) is 4.79 Å². The van der Waals surface area contributed by atoms with Crippen LogP contribution in [0.2, 0.25) is 0 Å². The van der Waals surface area contributed by atoms with Gasteiger partial charge in [-0.25, -0.2) is 9.67 Å². The molecule has 0 fully saturated rings. The lowest BCUT2D eigenvalue weighted by Crippen LogP contribution is -2.16. The van der Waals surface area contributed by atoms with Gasteiger partial charge in [0.05, 0.1) is 5.56 Å². The van der Waals surface area contributed by atoms with Crippen molar-refractivity contribution in [2.45, 2.75) is 0 Å². The highest BCUT2D eigenvalue weighted by molar-refractivity contribution is 14.1. The lowest BCUT2D eigenvalue weighted by Gasteiger charge is -1.99. The molecule has 0 aromatic carbocycles. The predicted molar refractivity (Wildman–Crippen MR) is 80.1 cm³/mol. The normalized spacial score (nSPS) is 10.6. The number of aromatic nitrogens is 4. The molecule has 94 valence electrons. The Hall–Kier alpha value is -1.96. The molecule has 3 aromatic rings. The van der Waals surface area contributed by atoms with E-state index >= 15 is 0 Å². The van der Waals surface area contributed by atoms with Crippen LogP contribution in [0.3, 0.4) is 0 Å². The van der Waals surface area contributed by atoms with Gasteiger partial charge in [0.1, 0.15) is 0 Å².